The monoisotopic (exact) mass is 454 g/mol. The van der Waals surface area contributed by atoms with Gasteiger partial charge in [0.1, 0.15) is 11.5 Å². The zero-order valence-corrected chi connectivity index (χ0v) is 18.0. The number of rotatable bonds is 8. The van der Waals surface area contributed by atoms with Gasteiger partial charge in [0.25, 0.3) is 5.91 Å². The Labute approximate surface area is 180 Å². The first kappa shape index (κ1) is 22.4. The van der Waals surface area contributed by atoms with E-state index in [1.165, 1.54) is 22.5 Å². The van der Waals surface area contributed by atoms with Crippen molar-refractivity contribution in [3.63, 3.8) is 0 Å². The molecular weight excluding hydrogens is 432 g/mol. The van der Waals surface area contributed by atoms with Crippen LogP contribution in [-0.4, -0.2) is 58.1 Å². The first-order valence-electron chi connectivity index (χ1n) is 9.43. The fourth-order valence-electron chi connectivity index (χ4n) is 2.83. The molecule has 0 radical (unpaired) electrons. The second-order valence-electron chi connectivity index (χ2n) is 6.40. The molecule has 0 atom stereocenters. The quantitative estimate of drug-likeness (QED) is 0.659. The first-order valence-corrected chi connectivity index (χ1v) is 11.2. The second kappa shape index (κ2) is 10.1. The molecule has 1 heterocycles. The molecule has 10 heteroatoms. The number of amides is 1. The minimum Gasteiger partial charge on any atom is -0.494 e. The number of sulfonamides is 1. The van der Waals surface area contributed by atoms with Crippen LogP contribution in [0.4, 0.5) is 5.69 Å². The second-order valence-corrected chi connectivity index (χ2v) is 8.74. The van der Waals surface area contributed by atoms with E-state index in [-0.39, 0.29) is 35.3 Å². The standard InChI is InChI=1S/C20H23ClN2O6S/c1-2-28-15-3-5-16(6-4-15)29-14-20(24)22-19-13-17(7-8-18(19)21)30(25,26)23-9-11-27-12-10-23/h3-8,13H,2,9-12,14H2,1H3,(H,22,24). The van der Waals surface area contributed by atoms with E-state index in [9.17, 15) is 13.2 Å². The number of hydrogen-bond acceptors (Lipinski definition) is 6. The Morgan fingerprint density at radius 2 is 1.73 bits per heavy atom. The lowest BCUT2D eigenvalue weighted by molar-refractivity contribution is -0.118. The number of carbonyl (C=O) groups excluding carboxylic acids is 1. The maximum Gasteiger partial charge on any atom is 0.262 e. The molecule has 3 rings (SSSR count). The molecule has 0 spiro atoms. The Balaban J connectivity index is 1.64. The van der Waals surface area contributed by atoms with Crippen molar-refractivity contribution in [2.24, 2.45) is 0 Å². The van der Waals surface area contributed by atoms with Gasteiger partial charge >= 0.3 is 0 Å². The first-order chi connectivity index (χ1) is 14.4. The molecule has 2 aromatic rings. The summed E-state index contributed by atoms with van der Waals surface area (Å²) in [5.74, 6) is 0.745. The molecule has 30 heavy (non-hydrogen) atoms. The van der Waals surface area contributed by atoms with Gasteiger partial charge in [-0.05, 0) is 49.4 Å². The molecule has 1 fully saturated rings. The van der Waals surface area contributed by atoms with Gasteiger partial charge in [0.05, 0.1) is 35.4 Å². The molecule has 8 nitrogen and oxygen atoms in total. The van der Waals surface area contributed by atoms with Crippen molar-refractivity contribution >= 4 is 33.2 Å². The van der Waals surface area contributed by atoms with Gasteiger partial charge in [-0.3, -0.25) is 4.79 Å². The molecule has 162 valence electrons. The van der Waals surface area contributed by atoms with Crippen LogP contribution in [-0.2, 0) is 19.6 Å². The average Bonchev–Trinajstić information content (AvgIpc) is 2.75. The van der Waals surface area contributed by atoms with Crippen LogP contribution < -0.4 is 14.8 Å². The van der Waals surface area contributed by atoms with Gasteiger partial charge in [0.15, 0.2) is 6.61 Å². The zero-order chi connectivity index (χ0) is 21.6. The topological polar surface area (TPSA) is 94.2 Å². The number of anilines is 1. The smallest absolute Gasteiger partial charge is 0.262 e. The van der Waals surface area contributed by atoms with Gasteiger partial charge in [-0.1, -0.05) is 11.6 Å². The summed E-state index contributed by atoms with van der Waals surface area (Å²) in [7, 11) is -3.70. The Morgan fingerprint density at radius 3 is 2.37 bits per heavy atom. The highest BCUT2D eigenvalue weighted by Crippen LogP contribution is 2.27. The summed E-state index contributed by atoms with van der Waals surface area (Å²) in [6.45, 7) is 3.44. The Bertz CT molecular complexity index is 975. The minimum absolute atomic E-state index is 0.0523. The third-order valence-electron chi connectivity index (χ3n) is 4.32. The summed E-state index contributed by atoms with van der Waals surface area (Å²) in [6.07, 6.45) is 0. The predicted octanol–water partition coefficient (Wildman–Crippen LogP) is 2.78. The van der Waals surface area contributed by atoms with Crippen LogP contribution in [0, 0.1) is 0 Å². The van der Waals surface area contributed by atoms with Gasteiger partial charge < -0.3 is 19.5 Å². The van der Waals surface area contributed by atoms with Crippen LogP contribution >= 0.6 is 11.6 Å². The number of nitrogens with zero attached hydrogens (tertiary/aromatic N) is 1. The van der Waals surface area contributed by atoms with E-state index < -0.39 is 15.9 Å². The summed E-state index contributed by atoms with van der Waals surface area (Å²) in [5, 5.41) is 2.83. The van der Waals surface area contributed by atoms with E-state index in [4.69, 9.17) is 25.8 Å². The Morgan fingerprint density at radius 1 is 1.10 bits per heavy atom. The van der Waals surface area contributed by atoms with E-state index >= 15 is 0 Å². The Hall–Kier alpha value is -2.33. The molecule has 0 aromatic heterocycles. The lowest BCUT2D eigenvalue weighted by atomic mass is 10.3. The number of ether oxygens (including phenoxy) is 3. The van der Waals surface area contributed by atoms with Gasteiger partial charge in [0, 0.05) is 13.1 Å². The van der Waals surface area contributed by atoms with Crippen molar-refractivity contribution in [2.45, 2.75) is 11.8 Å². The molecule has 0 saturated carbocycles. The highest BCUT2D eigenvalue weighted by Gasteiger charge is 2.27. The van der Waals surface area contributed by atoms with Crippen LogP contribution in [0.15, 0.2) is 47.4 Å². The minimum atomic E-state index is -3.70. The number of hydrogen-bond donors (Lipinski definition) is 1. The largest absolute Gasteiger partial charge is 0.494 e. The molecular formula is C20H23ClN2O6S. The van der Waals surface area contributed by atoms with Crippen LogP contribution in [0.25, 0.3) is 0 Å². The lowest BCUT2D eigenvalue weighted by Gasteiger charge is -2.26. The normalized spacial score (nSPS) is 14.9. The van der Waals surface area contributed by atoms with Crippen molar-refractivity contribution in [3.05, 3.63) is 47.5 Å². The van der Waals surface area contributed by atoms with E-state index in [1.807, 2.05) is 6.92 Å². The maximum atomic E-state index is 12.8. The summed E-state index contributed by atoms with van der Waals surface area (Å²) in [4.78, 5) is 12.3. The molecule has 1 aliphatic rings. The number of benzene rings is 2. The van der Waals surface area contributed by atoms with Gasteiger partial charge in [-0.2, -0.15) is 4.31 Å². The molecule has 1 N–H and O–H groups in total. The highest BCUT2D eigenvalue weighted by molar-refractivity contribution is 7.89. The fourth-order valence-corrected chi connectivity index (χ4v) is 4.43. The summed E-state index contributed by atoms with van der Waals surface area (Å²) in [5.41, 5.74) is 0.200. The van der Waals surface area contributed by atoms with Gasteiger partial charge in [-0.15, -0.1) is 0 Å². The molecule has 2 aromatic carbocycles. The summed E-state index contributed by atoms with van der Waals surface area (Å²) < 4.78 is 43.0. The molecule has 1 aliphatic heterocycles. The molecule has 1 amide bonds. The molecule has 0 bridgehead atoms. The predicted molar refractivity (Wildman–Crippen MR) is 113 cm³/mol. The lowest BCUT2D eigenvalue weighted by Crippen LogP contribution is -2.40. The number of halogens is 1. The third-order valence-corrected chi connectivity index (χ3v) is 6.55. The molecule has 0 aliphatic carbocycles. The maximum absolute atomic E-state index is 12.8. The van der Waals surface area contributed by atoms with E-state index in [2.05, 4.69) is 5.32 Å². The average molecular weight is 455 g/mol. The van der Waals surface area contributed by atoms with Crippen molar-refractivity contribution in [1.82, 2.24) is 4.31 Å². The fraction of sp³-hybridized carbons (Fsp3) is 0.350. The van der Waals surface area contributed by atoms with Gasteiger partial charge in [0.2, 0.25) is 10.0 Å². The van der Waals surface area contributed by atoms with E-state index in [0.29, 0.717) is 31.3 Å². The van der Waals surface area contributed by atoms with Crippen molar-refractivity contribution in [3.8, 4) is 11.5 Å². The van der Waals surface area contributed by atoms with Gasteiger partial charge in [-0.25, -0.2) is 8.42 Å². The number of morpholine rings is 1. The van der Waals surface area contributed by atoms with Crippen molar-refractivity contribution in [1.29, 1.82) is 0 Å². The van der Waals surface area contributed by atoms with Crippen LogP contribution in [0.5, 0.6) is 11.5 Å². The van der Waals surface area contributed by atoms with E-state index in [0.717, 1.165) is 0 Å². The van der Waals surface area contributed by atoms with Crippen molar-refractivity contribution < 1.29 is 27.4 Å². The SMILES string of the molecule is CCOc1ccc(OCC(=O)Nc2cc(S(=O)(=O)N3CCOCC3)ccc2Cl)cc1. The number of carbonyl (C=O) groups is 1. The summed E-state index contributed by atoms with van der Waals surface area (Å²) >= 11 is 6.14. The van der Waals surface area contributed by atoms with Crippen LogP contribution in [0.2, 0.25) is 5.02 Å². The third kappa shape index (κ3) is 5.63. The number of nitrogens with one attached hydrogen (secondary N) is 1. The highest BCUT2D eigenvalue weighted by atomic mass is 35.5. The van der Waals surface area contributed by atoms with Crippen molar-refractivity contribution in [2.75, 3.05) is 44.8 Å². The Kier molecular flexibility index (Phi) is 7.54. The van der Waals surface area contributed by atoms with Crippen LogP contribution in [0.3, 0.4) is 0 Å². The zero-order valence-electron chi connectivity index (χ0n) is 16.5. The van der Waals surface area contributed by atoms with E-state index in [1.54, 1.807) is 24.3 Å². The molecule has 0 unspecified atom stereocenters. The summed E-state index contributed by atoms with van der Waals surface area (Å²) in [6, 6.07) is 11.1. The van der Waals surface area contributed by atoms with Crippen LogP contribution in [0.1, 0.15) is 6.92 Å². The molecule has 1 saturated heterocycles.